The van der Waals surface area contributed by atoms with Crippen molar-refractivity contribution in [3.8, 4) is 0 Å². The van der Waals surface area contributed by atoms with E-state index in [1.807, 2.05) is 0 Å². The zero-order valence-corrected chi connectivity index (χ0v) is 3.35. The van der Waals surface area contributed by atoms with Crippen LogP contribution in [0.15, 0.2) is 12.2 Å². The van der Waals surface area contributed by atoms with Crippen molar-refractivity contribution in [1.82, 2.24) is 0 Å². The molecule has 0 saturated heterocycles. The van der Waals surface area contributed by atoms with Crippen LogP contribution in [-0.2, 0) is 4.79 Å². The van der Waals surface area contributed by atoms with Crippen molar-refractivity contribution < 1.29 is 4.79 Å². The first-order chi connectivity index (χ1) is 2.91. The first-order valence-electron chi connectivity index (χ1n) is 1.64. The Labute approximate surface area is 37.7 Å². The van der Waals surface area contributed by atoms with Crippen molar-refractivity contribution in [3.63, 3.8) is 0 Å². The van der Waals surface area contributed by atoms with Gasteiger partial charge in [0.1, 0.15) is 0 Å². The lowest BCUT2D eigenvalue weighted by atomic mass is 10.4. The van der Waals surface area contributed by atoms with E-state index in [0.717, 1.165) is 0 Å². The molecule has 0 aromatic carbocycles. The van der Waals surface area contributed by atoms with Gasteiger partial charge in [-0.3, -0.25) is 4.79 Å². The summed E-state index contributed by atoms with van der Waals surface area (Å²) in [6.07, 6.45) is 4.75. The number of rotatable bonds is 2. The summed E-state index contributed by atoms with van der Waals surface area (Å²) in [4.78, 5) is 9.30. The third-order valence-corrected chi connectivity index (χ3v) is 0.322. The first-order valence-corrected chi connectivity index (χ1v) is 1.64. The third-order valence-electron chi connectivity index (χ3n) is 0.322. The van der Waals surface area contributed by atoms with Crippen LogP contribution in [0.4, 0.5) is 0 Å². The third kappa shape index (κ3) is 3.41. The molecule has 1 nitrogen and oxygen atoms in total. The molecule has 0 aliphatic carbocycles. The molecular formula is C5H5O. The summed E-state index contributed by atoms with van der Waals surface area (Å²) in [5, 5.41) is 0. The van der Waals surface area contributed by atoms with Gasteiger partial charge in [-0.1, -0.05) is 6.08 Å². The van der Waals surface area contributed by atoms with Crippen molar-refractivity contribution in [3.05, 3.63) is 19.1 Å². The van der Waals surface area contributed by atoms with Crippen molar-refractivity contribution in [2.45, 2.75) is 6.42 Å². The van der Waals surface area contributed by atoms with E-state index in [-0.39, 0.29) is 0 Å². The van der Waals surface area contributed by atoms with Gasteiger partial charge in [0.05, 0.1) is 0 Å². The highest BCUT2D eigenvalue weighted by Gasteiger charge is 1.60. The van der Waals surface area contributed by atoms with E-state index in [4.69, 9.17) is 6.92 Å². The van der Waals surface area contributed by atoms with Crippen molar-refractivity contribution in [1.29, 1.82) is 0 Å². The Morgan fingerprint density at radius 3 is 2.67 bits per heavy atom. The smallest absolute Gasteiger partial charge is 0.225 e. The number of hydrogen-bond donors (Lipinski definition) is 0. The van der Waals surface area contributed by atoms with Crippen LogP contribution >= 0.6 is 0 Å². The van der Waals surface area contributed by atoms with Crippen molar-refractivity contribution >= 4 is 6.29 Å². The Morgan fingerprint density at radius 2 is 2.50 bits per heavy atom. The van der Waals surface area contributed by atoms with Gasteiger partial charge >= 0.3 is 0 Å². The van der Waals surface area contributed by atoms with E-state index < -0.39 is 0 Å². The largest absolute Gasteiger partial charge is 0.286 e. The predicted octanol–water partition coefficient (Wildman–Crippen LogP) is 0.753. The zero-order valence-electron chi connectivity index (χ0n) is 3.35. The van der Waals surface area contributed by atoms with E-state index in [1.165, 1.54) is 12.2 Å². The molecule has 0 fully saturated rings. The molecule has 3 radical (unpaired) electrons. The predicted molar refractivity (Wildman–Crippen MR) is 23.8 cm³/mol. The molecule has 0 atom stereocenters. The quantitative estimate of drug-likeness (QED) is 0.448. The van der Waals surface area contributed by atoms with Gasteiger partial charge in [0.2, 0.25) is 6.29 Å². The van der Waals surface area contributed by atoms with Gasteiger partial charge in [-0.05, 0) is 19.4 Å². The van der Waals surface area contributed by atoms with Gasteiger partial charge in [0, 0.05) is 0 Å². The molecule has 0 aromatic rings. The molecule has 31 valence electrons. The molecule has 0 amide bonds. The zero-order chi connectivity index (χ0) is 4.83. The van der Waals surface area contributed by atoms with Gasteiger partial charge in [-0.2, -0.15) is 0 Å². The summed E-state index contributed by atoms with van der Waals surface area (Å²) in [5.41, 5.74) is 0. The maximum Gasteiger partial charge on any atom is 0.225 e. The Kier molecular flexibility index (Phi) is 3.98. The summed E-state index contributed by atoms with van der Waals surface area (Å²) in [6, 6.07) is 0. The molecule has 0 N–H and O–H groups in total. The topological polar surface area (TPSA) is 17.1 Å². The minimum Gasteiger partial charge on any atom is -0.286 e. The molecule has 0 bridgehead atoms. The van der Waals surface area contributed by atoms with E-state index >= 15 is 0 Å². The Balaban J connectivity index is 2.94. The summed E-state index contributed by atoms with van der Waals surface area (Å²) in [6.45, 7) is 4.95. The summed E-state index contributed by atoms with van der Waals surface area (Å²) in [7, 11) is 0. The van der Waals surface area contributed by atoms with E-state index in [2.05, 4.69) is 0 Å². The molecule has 0 aliphatic heterocycles. The Bertz CT molecular complexity index is 55.0. The molecule has 0 rings (SSSR count). The highest BCUT2D eigenvalue weighted by Crippen LogP contribution is 1.72. The highest BCUT2D eigenvalue weighted by atomic mass is 16.1. The molecule has 0 spiro atoms. The Hall–Kier alpha value is -0.590. The van der Waals surface area contributed by atoms with Crippen LogP contribution in [0.2, 0.25) is 0 Å². The van der Waals surface area contributed by atoms with Crippen molar-refractivity contribution in [2.75, 3.05) is 0 Å². The molecule has 0 heterocycles. The van der Waals surface area contributed by atoms with Gasteiger partial charge in [0.15, 0.2) is 0 Å². The van der Waals surface area contributed by atoms with E-state index in [1.54, 1.807) is 6.29 Å². The van der Waals surface area contributed by atoms with Gasteiger partial charge in [0.25, 0.3) is 0 Å². The SMILES string of the molecule is [CH]CC=C[C]=O. The second kappa shape index (κ2) is 4.41. The van der Waals surface area contributed by atoms with Crippen LogP contribution in [0, 0.1) is 6.92 Å². The summed E-state index contributed by atoms with van der Waals surface area (Å²) >= 11 is 0. The lowest BCUT2D eigenvalue weighted by Crippen LogP contribution is -1.55. The number of allylic oxidation sites excluding steroid dienone is 2. The van der Waals surface area contributed by atoms with Crippen LogP contribution in [0.1, 0.15) is 6.42 Å². The maximum atomic E-state index is 9.30. The fraction of sp³-hybridized carbons (Fsp3) is 0.200. The standard InChI is InChI=1S/C5H5O/c1-2-3-4-5-6/h1,3-4H,2H2. The second-order valence-corrected chi connectivity index (χ2v) is 0.756. The molecule has 0 aliphatic rings. The summed E-state index contributed by atoms with van der Waals surface area (Å²) < 4.78 is 0. The number of carbonyl (C=O) groups excluding carboxylic acids is 1. The first kappa shape index (κ1) is 5.41. The summed E-state index contributed by atoms with van der Waals surface area (Å²) in [5.74, 6) is 0. The van der Waals surface area contributed by atoms with Gasteiger partial charge < -0.3 is 0 Å². The van der Waals surface area contributed by atoms with Crippen LogP contribution in [-0.4, -0.2) is 6.29 Å². The lowest BCUT2D eigenvalue weighted by Gasteiger charge is -1.63. The van der Waals surface area contributed by atoms with Crippen LogP contribution in [0.25, 0.3) is 0 Å². The molecule has 0 unspecified atom stereocenters. The maximum absolute atomic E-state index is 9.30. The molecule has 0 aromatic heterocycles. The van der Waals surface area contributed by atoms with Crippen molar-refractivity contribution in [2.24, 2.45) is 0 Å². The number of hydrogen-bond acceptors (Lipinski definition) is 1. The van der Waals surface area contributed by atoms with E-state index in [9.17, 15) is 4.79 Å². The molecular weight excluding hydrogens is 76.1 g/mol. The Morgan fingerprint density at radius 1 is 1.83 bits per heavy atom. The lowest BCUT2D eigenvalue weighted by molar-refractivity contribution is 0.564. The fourth-order valence-electron chi connectivity index (χ4n) is 0.116. The second-order valence-electron chi connectivity index (χ2n) is 0.756. The van der Waals surface area contributed by atoms with Gasteiger partial charge in [-0.25, -0.2) is 0 Å². The average molecular weight is 81.1 g/mol. The van der Waals surface area contributed by atoms with E-state index in [0.29, 0.717) is 6.42 Å². The van der Waals surface area contributed by atoms with Crippen LogP contribution in [0.3, 0.4) is 0 Å². The fourth-order valence-corrected chi connectivity index (χ4v) is 0.116. The highest BCUT2D eigenvalue weighted by molar-refractivity contribution is 5.65. The molecule has 0 saturated carbocycles. The minimum absolute atomic E-state index is 0.412. The van der Waals surface area contributed by atoms with Crippen LogP contribution in [0.5, 0.6) is 0 Å². The van der Waals surface area contributed by atoms with Gasteiger partial charge in [-0.15, -0.1) is 0 Å². The molecule has 1 heteroatoms. The average Bonchev–Trinajstić information content (AvgIpc) is 1.61. The monoisotopic (exact) mass is 81.0 g/mol. The normalized spacial score (nSPS) is 9.50. The van der Waals surface area contributed by atoms with Crippen LogP contribution < -0.4 is 0 Å². The minimum atomic E-state index is 0.412. The molecule has 6 heavy (non-hydrogen) atoms.